The minimum absolute atomic E-state index is 0.153. The SMILES string of the molecule is CNC(=O)c1cc(NC(=O)NCCN2CCCC[C@H]2CO)ccc1OC. The Labute approximate surface area is 153 Å². The van der Waals surface area contributed by atoms with Crippen molar-refractivity contribution >= 4 is 17.6 Å². The summed E-state index contributed by atoms with van der Waals surface area (Å²) >= 11 is 0. The van der Waals surface area contributed by atoms with Crippen LogP contribution in [-0.2, 0) is 0 Å². The number of likely N-dealkylation sites (tertiary alicyclic amines) is 1. The van der Waals surface area contributed by atoms with Gasteiger partial charge in [0.25, 0.3) is 5.91 Å². The fraction of sp³-hybridized carbons (Fsp3) is 0.556. The molecule has 0 unspecified atom stereocenters. The van der Waals surface area contributed by atoms with Crippen LogP contribution in [0.25, 0.3) is 0 Å². The fourth-order valence-electron chi connectivity index (χ4n) is 3.15. The maximum Gasteiger partial charge on any atom is 0.319 e. The first-order chi connectivity index (χ1) is 12.6. The van der Waals surface area contributed by atoms with Gasteiger partial charge in [-0.3, -0.25) is 9.69 Å². The summed E-state index contributed by atoms with van der Waals surface area (Å²) in [6.07, 6.45) is 3.26. The molecule has 1 fully saturated rings. The Morgan fingerprint density at radius 1 is 1.35 bits per heavy atom. The molecule has 1 aliphatic rings. The van der Waals surface area contributed by atoms with Crippen LogP contribution in [0.2, 0.25) is 0 Å². The summed E-state index contributed by atoms with van der Waals surface area (Å²) in [5.74, 6) is 0.154. The molecule has 4 N–H and O–H groups in total. The topological polar surface area (TPSA) is 103 Å². The van der Waals surface area contributed by atoms with Gasteiger partial charge in [0.05, 0.1) is 19.3 Å². The van der Waals surface area contributed by atoms with E-state index >= 15 is 0 Å². The first-order valence-electron chi connectivity index (χ1n) is 8.89. The molecule has 144 valence electrons. The molecule has 1 saturated heterocycles. The Morgan fingerprint density at radius 2 is 2.15 bits per heavy atom. The molecular weight excluding hydrogens is 336 g/mol. The minimum Gasteiger partial charge on any atom is -0.496 e. The van der Waals surface area contributed by atoms with Crippen LogP contribution in [0.1, 0.15) is 29.6 Å². The predicted octanol–water partition coefficient (Wildman–Crippen LogP) is 1.02. The van der Waals surface area contributed by atoms with Gasteiger partial charge < -0.3 is 25.8 Å². The molecular formula is C18H28N4O4. The standard InChI is InChI=1S/C18H28N4O4/c1-19-17(24)15-11-13(6-7-16(15)26-2)21-18(25)20-8-10-22-9-4-3-5-14(22)12-23/h6-7,11,14,23H,3-5,8-10,12H2,1-2H3,(H,19,24)(H2,20,21,25)/t14-/m0/s1. The van der Waals surface area contributed by atoms with E-state index in [9.17, 15) is 14.7 Å². The van der Waals surface area contributed by atoms with Gasteiger partial charge >= 0.3 is 6.03 Å². The van der Waals surface area contributed by atoms with Gasteiger partial charge in [0.2, 0.25) is 0 Å². The van der Waals surface area contributed by atoms with Crippen molar-refractivity contribution in [1.29, 1.82) is 0 Å². The van der Waals surface area contributed by atoms with E-state index < -0.39 is 0 Å². The first-order valence-corrected chi connectivity index (χ1v) is 8.89. The monoisotopic (exact) mass is 364 g/mol. The molecule has 1 aromatic carbocycles. The van der Waals surface area contributed by atoms with Crippen molar-refractivity contribution in [2.75, 3.05) is 45.7 Å². The van der Waals surface area contributed by atoms with Crippen LogP contribution in [0.5, 0.6) is 5.75 Å². The molecule has 0 radical (unpaired) electrons. The van der Waals surface area contributed by atoms with Gasteiger partial charge in [-0.2, -0.15) is 0 Å². The number of hydrogen-bond acceptors (Lipinski definition) is 5. The third kappa shape index (κ3) is 5.34. The van der Waals surface area contributed by atoms with Gasteiger partial charge in [-0.05, 0) is 37.6 Å². The zero-order valence-corrected chi connectivity index (χ0v) is 15.4. The van der Waals surface area contributed by atoms with E-state index in [1.54, 1.807) is 18.2 Å². The van der Waals surface area contributed by atoms with Gasteiger partial charge in [-0.1, -0.05) is 6.42 Å². The van der Waals surface area contributed by atoms with E-state index in [0.29, 0.717) is 30.1 Å². The number of benzene rings is 1. The van der Waals surface area contributed by atoms with Crippen molar-refractivity contribution in [1.82, 2.24) is 15.5 Å². The lowest BCUT2D eigenvalue weighted by Gasteiger charge is -2.34. The second-order valence-corrected chi connectivity index (χ2v) is 6.24. The molecule has 0 bridgehead atoms. The van der Waals surface area contributed by atoms with Crippen molar-refractivity contribution < 1.29 is 19.4 Å². The summed E-state index contributed by atoms with van der Waals surface area (Å²) in [7, 11) is 3.02. The number of methoxy groups -OCH3 is 1. The lowest BCUT2D eigenvalue weighted by atomic mass is 10.0. The van der Waals surface area contributed by atoms with Crippen molar-refractivity contribution in [2.45, 2.75) is 25.3 Å². The van der Waals surface area contributed by atoms with Crippen LogP contribution in [0.15, 0.2) is 18.2 Å². The fourth-order valence-corrected chi connectivity index (χ4v) is 3.15. The number of urea groups is 1. The van der Waals surface area contributed by atoms with Crippen LogP contribution in [0.4, 0.5) is 10.5 Å². The van der Waals surface area contributed by atoms with Crippen molar-refractivity contribution in [3.8, 4) is 5.75 Å². The quantitative estimate of drug-likeness (QED) is 0.579. The van der Waals surface area contributed by atoms with Crippen molar-refractivity contribution in [3.63, 3.8) is 0 Å². The average molecular weight is 364 g/mol. The number of aliphatic hydroxyl groups excluding tert-OH is 1. The highest BCUT2D eigenvalue weighted by Crippen LogP contribution is 2.22. The number of aliphatic hydroxyl groups is 1. The van der Waals surface area contributed by atoms with Gasteiger partial charge in [0.15, 0.2) is 0 Å². The predicted molar refractivity (Wildman–Crippen MR) is 99.7 cm³/mol. The number of amides is 3. The molecule has 1 aliphatic heterocycles. The summed E-state index contributed by atoms with van der Waals surface area (Å²) < 4.78 is 5.17. The smallest absolute Gasteiger partial charge is 0.319 e. The number of piperidine rings is 1. The lowest BCUT2D eigenvalue weighted by molar-refractivity contribution is 0.0917. The van der Waals surface area contributed by atoms with Crippen LogP contribution >= 0.6 is 0 Å². The maximum absolute atomic E-state index is 12.1. The van der Waals surface area contributed by atoms with Crippen LogP contribution in [0, 0.1) is 0 Å². The highest BCUT2D eigenvalue weighted by atomic mass is 16.5. The molecule has 8 heteroatoms. The highest BCUT2D eigenvalue weighted by Gasteiger charge is 2.21. The van der Waals surface area contributed by atoms with Crippen LogP contribution < -0.4 is 20.7 Å². The van der Waals surface area contributed by atoms with Gasteiger partial charge in [-0.25, -0.2) is 4.79 Å². The van der Waals surface area contributed by atoms with Crippen LogP contribution in [0.3, 0.4) is 0 Å². The summed E-state index contributed by atoms with van der Waals surface area (Å²) in [5.41, 5.74) is 0.861. The van der Waals surface area contributed by atoms with E-state index in [1.165, 1.54) is 14.2 Å². The van der Waals surface area contributed by atoms with E-state index in [0.717, 1.165) is 25.8 Å². The largest absolute Gasteiger partial charge is 0.496 e. The molecule has 8 nitrogen and oxygen atoms in total. The molecule has 26 heavy (non-hydrogen) atoms. The lowest BCUT2D eigenvalue weighted by Crippen LogP contribution is -2.46. The number of anilines is 1. The maximum atomic E-state index is 12.1. The van der Waals surface area contributed by atoms with Crippen molar-refractivity contribution in [3.05, 3.63) is 23.8 Å². The molecule has 0 saturated carbocycles. The Morgan fingerprint density at radius 3 is 2.85 bits per heavy atom. The second-order valence-electron chi connectivity index (χ2n) is 6.24. The highest BCUT2D eigenvalue weighted by molar-refractivity contribution is 5.99. The van der Waals surface area contributed by atoms with Crippen molar-refractivity contribution in [2.24, 2.45) is 0 Å². The summed E-state index contributed by atoms with van der Waals surface area (Å²) in [4.78, 5) is 26.2. The number of rotatable bonds is 7. The minimum atomic E-state index is -0.337. The van der Waals surface area contributed by atoms with E-state index in [-0.39, 0.29) is 24.6 Å². The second kappa shape index (κ2) is 9.98. The number of carbonyl (C=O) groups excluding carboxylic acids is 2. The third-order valence-corrected chi connectivity index (χ3v) is 4.57. The van der Waals surface area contributed by atoms with E-state index in [2.05, 4.69) is 20.9 Å². The van der Waals surface area contributed by atoms with Crippen LogP contribution in [-0.4, -0.2) is 68.4 Å². The Kier molecular flexibility index (Phi) is 7.68. The van der Waals surface area contributed by atoms with Gasteiger partial charge in [0.1, 0.15) is 5.75 Å². The Bertz CT molecular complexity index is 623. The molecule has 3 amide bonds. The molecule has 0 spiro atoms. The molecule has 1 aromatic rings. The number of nitrogens with zero attached hydrogens (tertiary/aromatic N) is 1. The summed E-state index contributed by atoms with van der Waals surface area (Å²) in [6, 6.07) is 4.74. The Hall–Kier alpha value is -2.32. The molecule has 0 aromatic heterocycles. The van der Waals surface area contributed by atoms with Gasteiger partial charge in [0, 0.05) is 31.9 Å². The average Bonchev–Trinajstić information content (AvgIpc) is 2.67. The first kappa shape index (κ1) is 20.0. The summed E-state index contributed by atoms with van der Waals surface area (Å²) in [5, 5.41) is 17.5. The number of carbonyl (C=O) groups is 2. The molecule has 0 aliphatic carbocycles. The third-order valence-electron chi connectivity index (χ3n) is 4.57. The molecule has 1 atom stereocenters. The number of hydrogen-bond donors (Lipinski definition) is 4. The number of ether oxygens (including phenoxy) is 1. The molecule has 1 heterocycles. The van der Waals surface area contributed by atoms with Gasteiger partial charge in [-0.15, -0.1) is 0 Å². The normalized spacial score (nSPS) is 17.4. The zero-order chi connectivity index (χ0) is 18.9. The van der Waals surface area contributed by atoms with E-state index in [1.807, 2.05) is 0 Å². The zero-order valence-electron chi connectivity index (χ0n) is 15.4. The van der Waals surface area contributed by atoms with E-state index in [4.69, 9.17) is 4.74 Å². The number of nitrogens with one attached hydrogen (secondary N) is 3. The molecule has 2 rings (SSSR count). The summed E-state index contributed by atoms with van der Waals surface area (Å²) in [6.45, 7) is 2.29. The Balaban J connectivity index is 1.86.